The van der Waals surface area contributed by atoms with Gasteiger partial charge in [0.05, 0.1) is 19.9 Å². The first-order chi connectivity index (χ1) is 5.20. The van der Waals surface area contributed by atoms with Crippen molar-refractivity contribution in [3.05, 3.63) is 0 Å². The minimum absolute atomic E-state index is 0. The van der Waals surface area contributed by atoms with E-state index < -0.39 is 0 Å². The second kappa shape index (κ2) is 12.4. The standard InChI is InChI=1S/C7H18N2O2.CH4.V/c1-8(3-5-10)7-9(2)4-6-11;;/h10-11H,3-7H2,1-2H3;1H4;. The molecule has 0 aromatic rings. The van der Waals surface area contributed by atoms with Gasteiger partial charge in [-0.3, -0.25) is 9.80 Å². The van der Waals surface area contributed by atoms with Crippen LogP contribution in [0.3, 0.4) is 0 Å². The van der Waals surface area contributed by atoms with Crippen LogP contribution in [-0.2, 0) is 18.6 Å². The predicted molar refractivity (Wildman–Crippen MR) is 51.0 cm³/mol. The maximum absolute atomic E-state index is 8.57. The second-order valence-corrected chi connectivity index (χ2v) is 2.75. The Kier molecular flexibility index (Phi) is 18.2. The van der Waals surface area contributed by atoms with Crippen molar-refractivity contribution >= 4 is 0 Å². The smallest absolute Gasteiger partial charge is 0.0558 e. The Morgan fingerprint density at radius 3 is 1.46 bits per heavy atom. The number of aliphatic hydroxyl groups is 2. The maximum atomic E-state index is 8.57. The third-order valence-corrected chi connectivity index (χ3v) is 1.45. The summed E-state index contributed by atoms with van der Waals surface area (Å²) < 4.78 is 0. The van der Waals surface area contributed by atoms with Gasteiger partial charge in [-0.15, -0.1) is 0 Å². The normalized spacial score (nSPS) is 9.69. The van der Waals surface area contributed by atoms with Gasteiger partial charge in [0.1, 0.15) is 0 Å². The molecule has 0 unspecified atom stereocenters. The molecule has 0 bridgehead atoms. The molecular weight excluding hydrogens is 207 g/mol. The van der Waals surface area contributed by atoms with Gasteiger partial charge in [-0.1, -0.05) is 7.43 Å². The number of aliphatic hydroxyl groups excluding tert-OH is 2. The van der Waals surface area contributed by atoms with Gasteiger partial charge in [0.25, 0.3) is 0 Å². The second-order valence-electron chi connectivity index (χ2n) is 2.75. The third kappa shape index (κ3) is 12.4. The summed E-state index contributed by atoms with van der Waals surface area (Å²) in [6.07, 6.45) is 0. The topological polar surface area (TPSA) is 46.9 Å². The Hall–Kier alpha value is 0.424. The SMILES string of the molecule is C.CN(CCO)CN(C)CCO.[V]. The average molecular weight is 229 g/mol. The van der Waals surface area contributed by atoms with E-state index >= 15 is 0 Å². The molecule has 0 aliphatic rings. The van der Waals surface area contributed by atoms with Crippen molar-refractivity contribution in [2.75, 3.05) is 47.1 Å². The van der Waals surface area contributed by atoms with Gasteiger partial charge >= 0.3 is 0 Å². The average Bonchev–Trinajstić information content (AvgIpc) is 1.87. The molecular formula is C8H22N2O2V. The van der Waals surface area contributed by atoms with Crippen molar-refractivity contribution < 1.29 is 28.8 Å². The van der Waals surface area contributed by atoms with Crippen LogP contribution in [0.2, 0.25) is 0 Å². The summed E-state index contributed by atoms with van der Waals surface area (Å²) in [5.74, 6) is 0. The van der Waals surface area contributed by atoms with E-state index in [0.29, 0.717) is 13.1 Å². The molecule has 4 nitrogen and oxygen atoms in total. The van der Waals surface area contributed by atoms with E-state index in [1.807, 2.05) is 23.9 Å². The summed E-state index contributed by atoms with van der Waals surface area (Å²) in [4.78, 5) is 3.99. The van der Waals surface area contributed by atoms with Gasteiger partial charge in [0.15, 0.2) is 0 Å². The summed E-state index contributed by atoms with van der Waals surface area (Å²) in [5, 5.41) is 17.1. The van der Waals surface area contributed by atoms with E-state index in [2.05, 4.69) is 0 Å². The first-order valence-electron chi connectivity index (χ1n) is 3.79. The molecule has 0 aromatic carbocycles. The minimum atomic E-state index is 0. The van der Waals surface area contributed by atoms with Gasteiger partial charge < -0.3 is 10.2 Å². The van der Waals surface area contributed by atoms with E-state index in [1.165, 1.54) is 0 Å². The molecule has 0 heterocycles. The van der Waals surface area contributed by atoms with Crippen LogP contribution in [-0.4, -0.2) is 67.1 Å². The zero-order valence-electron chi connectivity index (χ0n) is 7.77. The molecule has 2 N–H and O–H groups in total. The maximum Gasteiger partial charge on any atom is 0.0558 e. The van der Waals surface area contributed by atoms with Crippen molar-refractivity contribution in [3.8, 4) is 0 Å². The van der Waals surface area contributed by atoms with Crippen LogP contribution in [0.1, 0.15) is 7.43 Å². The third-order valence-electron chi connectivity index (χ3n) is 1.45. The summed E-state index contributed by atoms with van der Waals surface area (Å²) >= 11 is 0. The number of hydrogen-bond donors (Lipinski definition) is 2. The van der Waals surface area contributed by atoms with Crippen LogP contribution >= 0.6 is 0 Å². The van der Waals surface area contributed by atoms with Crippen LogP contribution in [0.4, 0.5) is 0 Å². The summed E-state index contributed by atoms with van der Waals surface area (Å²) in [7, 11) is 3.87. The largest absolute Gasteiger partial charge is 0.395 e. The number of hydrogen-bond acceptors (Lipinski definition) is 4. The van der Waals surface area contributed by atoms with Crippen LogP contribution in [0.15, 0.2) is 0 Å². The monoisotopic (exact) mass is 229 g/mol. The Morgan fingerprint density at radius 1 is 0.923 bits per heavy atom. The molecule has 0 amide bonds. The zero-order valence-corrected chi connectivity index (χ0v) is 9.17. The molecule has 0 aliphatic heterocycles. The number of nitrogens with zero attached hydrogens (tertiary/aromatic N) is 2. The van der Waals surface area contributed by atoms with Crippen molar-refractivity contribution in [1.29, 1.82) is 0 Å². The van der Waals surface area contributed by atoms with E-state index in [9.17, 15) is 0 Å². The fourth-order valence-corrected chi connectivity index (χ4v) is 0.895. The van der Waals surface area contributed by atoms with Gasteiger partial charge in [0, 0.05) is 31.6 Å². The van der Waals surface area contributed by atoms with E-state index in [-0.39, 0.29) is 39.2 Å². The van der Waals surface area contributed by atoms with Crippen LogP contribution in [0, 0.1) is 0 Å². The Bertz CT molecular complexity index is 86.2. The first kappa shape index (κ1) is 19.1. The molecule has 13 heavy (non-hydrogen) atoms. The molecule has 0 fully saturated rings. The molecule has 0 saturated heterocycles. The molecule has 0 rings (SSSR count). The fraction of sp³-hybridized carbons (Fsp3) is 1.00. The van der Waals surface area contributed by atoms with Crippen molar-refractivity contribution in [2.45, 2.75) is 7.43 Å². The molecule has 0 spiro atoms. The number of likely N-dealkylation sites (N-methyl/N-ethyl adjacent to an activating group) is 2. The minimum Gasteiger partial charge on any atom is -0.395 e. The van der Waals surface area contributed by atoms with Crippen molar-refractivity contribution in [3.63, 3.8) is 0 Å². The molecule has 81 valence electrons. The quantitative estimate of drug-likeness (QED) is 0.599. The zero-order chi connectivity index (χ0) is 8.69. The molecule has 0 atom stereocenters. The first-order valence-corrected chi connectivity index (χ1v) is 3.79. The van der Waals surface area contributed by atoms with Gasteiger partial charge in [-0.2, -0.15) is 0 Å². The summed E-state index contributed by atoms with van der Waals surface area (Å²) in [6.45, 7) is 2.50. The van der Waals surface area contributed by atoms with Gasteiger partial charge in [-0.05, 0) is 14.1 Å². The summed E-state index contributed by atoms with van der Waals surface area (Å²) in [5.41, 5.74) is 0. The Labute approximate surface area is 93.4 Å². The Morgan fingerprint density at radius 2 is 1.23 bits per heavy atom. The van der Waals surface area contributed by atoms with E-state index in [4.69, 9.17) is 10.2 Å². The number of rotatable bonds is 6. The van der Waals surface area contributed by atoms with E-state index in [1.54, 1.807) is 0 Å². The molecule has 1 radical (unpaired) electrons. The molecule has 5 heteroatoms. The molecule has 0 aliphatic carbocycles. The van der Waals surface area contributed by atoms with Crippen molar-refractivity contribution in [1.82, 2.24) is 9.80 Å². The van der Waals surface area contributed by atoms with Crippen LogP contribution in [0.25, 0.3) is 0 Å². The predicted octanol–water partition coefficient (Wildman–Crippen LogP) is -0.574. The fourth-order valence-electron chi connectivity index (χ4n) is 0.895. The Balaban J connectivity index is -0.000000500. The van der Waals surface area contributed by atoms with Crippen molar-refractivity contribution in [2.24, 2.45) is 0 Å². The van der Waals surface area contributed by atoms with Gasteiger partial charge in [0.2, 0.25) is 0 Å². The van der Waals surface area contributed by atoms with Gasteiger partial charge in [-0.25, -0.2) is 0 Å². The molecule has 0 saturated carbocycles. The van der Waals surface area contributed by atoms with E-state index in [0.717, 1.165) is 6.67 Å². The summed E-state index contributed by atoms with van der Waals surface area (Å²) in [6, 6.07) is 0. The molecule has 0 aromatic heterocycles. The van der Waals surface area contributed by atoms with Crippen LogP contribution in [0.5, 0.6) is 0 Å². The van der Waals surface area contributed by atoms with Crippen LogP contribution < -0.4 is 0 Å².